The SMILES string of the molecule is COc1ccc(-c2cccc3c2c(/C=C2\Oc4cc(O)cc(O)c4C2=O)cn3C)cc1. The highest BCUT2D eigenvalue weighted by Crippen LogP contribution is 2.41. The number of fused-ring (bicyclic) bond motifs is 2. The van der Waals surface area contributed by atoms with Gasteiger partial charge in [-0.15, -0.1) is 0 Å². The number of ketones is 1. The first kappa shape index (κ1) is 18.8. The number of carbonyl (C=O) groups excluding carboxylic acids is 1. The van der Waals surface area contributed by atoms with E-state index in [1.807, 2.05) is 60.3 Å². The van der Waals surface area contributed by atoms with Gasteiger partial charge >= 0.3 is 0 Å². The summed E-state index contributed by atoms with van der Waals surface area (Å²) in [7, 11) is 3.57. The predicted octanol–water partition coefficient (Wildman–Crippen LogP) is 4.88. The van der Waals surface area contributed by atoms with E-state index in [9.17, 15) is 15.0 Å². The van der Waals surface area contributed by atoms with E-state index < -0.39 is 5.78 Å². The van der Waals surface area contributed by atoms with Crippen LogP contribution >= 0.6 is 0 Å². The molecule has 6 nitrogen and oxygen atoms in total. The fourth-order valence-corrected chi connectivity index (χ4v) is 4.02. The van der Waals surface area contributed by atoms with Crippen LogP contribution in [0.4, 0.5) is 0 Å². The van der Waals surface area contributed by atoms with Gasteiger partial charge in [0, 0.05) is 41.8 Å². The van der Waals surface area contributed by atoms with E-state index in [0.29, 0.717) is 0 Å². The monoisotopic (exact) mass is 413 g/mol. The number of phenols is 2. The smallest absolute Gasteiger partial charge is 0.235 e. The topological polar surface area (TPSA) is 80.9 Å². The van der Waals surface area contributed by atoms with Gasteiger partial charge in [0.25, 0.3) is 0 Å². The van der Waals surface area contributed by atoms with Crippen molar-refractivity contribution in [1.82, 2.24) is 4.57 Å². The van der Waals surface area contributed by atoms with Crippen LogP contribution in [0.25, 0.3) is 28.1 Å². The molecule has 6 heteroatoms. The average molecular weight is 413 g/mol. The van der Waals surface area contributed by atoms with Gasteiger partial charge in [-0.2, -0.15) is 0 Å². The number of aromatic hydroxyl groups is 2. The highest BCUT2D eigenvalue weighted by Gasteiger charge is 2.31. The molecule has 1 aliphatic heterocycles. The Morgan fingerprint density at radius 2 is 1.84 bits per heavy atom. The number of phenolic OH excluding ortho intramolecular Hbond substituents is 2. The summed E-state index contributed by atoms with van der Waals surface area (Å²) in [6.45, 7) is 0. The number of allylic oxidation sites excluding steroid dienone is 1. The van der Waals surface area contributed by atoms with E-state index in [2.05, 4.69) is 0 Å². The Morgan fingerprint density at radius 3 is 2.58 bits per heavy atom. The number of nitrogens with zero attached hydrogens (tertiary/aromatic N) is 1. The van der Waals surface area contributed by atoms with Crippen molar-refractivity contribution >= 4 is 22.8 Å². The number of Topliss-reactive ketones (excluding diaryl/α,β-unsaturated/α-hetero) is 1. The average Bonchev–Trinajstić information content (AvgIpc) is 3.25. The zero-order valence-corrected chi connectivity index (χ0v) is 16.9. The Hall–Kier alpha value is -4.19. The number of aromatic nitrogens is 1. The van der Waals surface area contributed by atoms with Crippen LogP contribution in [0.15, 0.2) is 66.6 Å². The first-order chi connectivity index (χ1) is 15.0. The van der Waals surface area contributed by atoms with Crippen molar-refractivity contribution in [3.8, 4) is 34.1 Å². The molecule has 0 bridgehead atoms. The third-order valence-electron chi connectivity index (χ3n) is 5.47. The van der Waals surface area contributed by atoms with Gasteiger partial charge in [0.05, 0.1) is 7.11 Å². The van der Waals surface area contributed by atoms with Crippen LogP contribution in [-0.2, 0) is 7.05 Å². The Bertz CT molecular complexity index is 1380. The molecule has 0 unspecified atom stereocenters. The molecule has 0 atom stereocenters. The molecule has 0 spiro atoms. The minimum Gasteiger partial charge on any atom is -0.508 e. The van der Waals surface area contributed by atoms with Crippen molar-refractivity contribution < 1.29 is 24.5 Å². The summed E-state index contributed by atoms with van der Waals surface area (Å²) < 4.78 is 12.9. The van der Waals surface area contributed by atoms with Gasteiger partial charge in [-0.05, 0) is 35.4 Å². The molecule has 5 rings (SSSR count). The molecule has 0 aliphatic carbocycles. The number of hydrogen-bond acceptors (Lipinski definition) is 5. The van der Waals surface area contributed by atoms with Crippen LogP contribution in [-0.4, -0.2) is 27.7 Å². The minimum absolute atomic E-state index is 0.0552. The lowest BCUT2D eigenvalue weighted by Crippen LogP contribution is -1.98. The molecule has 3 aromatic carbocycles. The van der Waals surface area contributed by atoms with Crippen LogP contribution in [0.1, 0.15) is 15.9 Å². The van der Waals surface area contributed by atoms with Gasteiger partial charge in [0.1, 0.15) is 28.6 Å². The highest BCUT2D eigenvalue weighted by atomic mass is 16.5. The van der Waals surface area contributed by atoms with E-state index in [1.54, 1.807) is 13.2 Å². The van der Waals surface area contributed by atoms with Crippen molar-refractivity contribution in [2.45, 2.75) is 0 Å². The normalized spacial score (nSPS) is 14.1. The molecular weight excluding hydrogens is 394 g/mol. The van der Waals surface area contributed by atoms with Crippen molar-refractivity contribution in [2.75, 3.05) is 7.11 Å². The zero-order valence-electron chi connectivity index (χ0n) is 16.9. The van der Waals surface area contributed by atoms with Gasteiger partial charge in [-0.1, -0.05) is 24.3 Å². The quantitative estimate of drug-likeness (QED) is 0.468. The maximum atomic E-state index is 12.8. The van der Waals surface area contributed by atoms with E-state index in [4.69, 9.17) is 9.47 Å². The Kier molecular flexibility index (Phi) is 4.22. The van der Waals surface area contributed by atoms with E-state index in [0.717, 1.165) is 39.4 Å². The molecule has 1 aromatic heterocycles. The second-order valence-electron chi connectivity index (χ2n) is 7.40. The lowest BCUT2D eigenvalue weighted by Gasteiger charge is -2.07. The lowest BCUT2D eigenvalue weighted by atomic mass is 9.98. The molecule has 154 valence electrons. The summed E-state index contributed by atoms with van der Waals surface area (Å²) in [6, 6.07) is 16.3. The lowest BCUT2D eigenvalue weighted by molar-refractivity contribution is 0.101. The standard InChI is InChI=1S/C25H19NO5/c1-26-13-15(10-22-25(29)24-20(28)11-16(27)12-21(24)31-22)23-18(4-3-5-19(23)26)14-6-8-17(30-2)9-7-14/h3-13,27-28H,1-2H3/b22-10-. The number of ether oxygens (including phenoxy) is 2. The first-order valence-corrected chi connectivity index (χ1v) is 9.69. The Balaban J connectivity index is 1.66. The third-order valence-corrected chi connectivity index (χ3v) is 5.47. The molecular formula is C25H19NO5. The third kappa shape index (κ3) is 3.00. The fraction of sp³-hybridized carbons (Fsp3) is 0.0800. The summed E-state index contributed by atoms with van der Waals surface area (Å²) >= 11 is 0. The summed E-state index contributed by atoms with van der Waals surface area (Å²) in [4.78, 5) is 12.8. The molecule has 31 heavy (non-hydrogen) atoms. The molecule has 0 amide bonds. The molecule has 0 fully saturated rings. The molecule has 0 saturated heterocycles. The fourth-order valence-electron chi connectivity index (χ4n) is 4.02. The van der Waals surface area contributed by atoms with Crippen molar-refractivity contribution in [1.29, 1.82) is 0 Å². The zero-order chi connectivity index (χ0) is 21.7. The highest BCUT2D eigenvalue weighted by molar-refractivity contribution is 6.17. The molecule has 1 aliphatic rings. The van der Waals surface area contributed by atoms with Gasteiger partial charge in [0.15, 0.2) is 5.76 Å². The van der Waals surface area contributed by atoms with Crippen molar-refractivity contribution in [2.24, 2.45) is 7.05 Å². The van der Waals surface area contributed by atoms with Gasteiger partial charge in [0.2, 0.25) is 5.78 Å². The van der Waals surface area contributed by atoms with Crippen LogP contribution in [0.3, 0.4) is 0 Å². The summed E-state index contributed by atoms with van der Waals surface area (Å²) in [5.41, 5.74) is 3.89. The number of carbonyl (C=O) groups is 1. The number of methoxy groups -OCH3 is 1. The van der Waals surface area contributed by atoms with E-state index in [-0.39, 0.29) is 28.6 Å². The van der Waals surface area contributed by atoms with E-state index >= 15 is 0 Å². The molecule has 2 heterocycles. The maximum Gasteiger partial charge on any atom is 0.235 e. The van der Waals surface area contributed by atoms with Crippen molar-refractivity contribution in [3.05, 3.63) is 77.7 Å². The molecule has 0 saturated carbocycles. The Morgan fingerprint density at radius 1 is 1.06 bits per heavy atom. The second-order valence-corrected chi connectivity index (χ2v) is 7.40. The first-order valence-electron chi connectivity index (χ1n) is 9.69. The van der Waals surface area contributed by atoms with Gasteiger partial charge < -0.3 is 24.3 Å². The number of rotatable bonds is 3. The van der Waals surface area contributed by atoms with Gasteiger partial charge in [-0.3, -0.25) is 4.79 Å². The van der Waals surface area contributed by atoms with Crippen LogP contribution in [0, 0.1) is 0 Å². The van der Waals surface area contributed by atoms with Crippen LogP contribution in [0.2, 0.25) is 0 Å². The number of hydrogen-bond donors (Lipinski definition) is 2. The number of benzene rings is 3. The largest absolute Gasteiger partial charge is 0.508 e. The van der Waals surface area contributed by atoms with Gasteiger partial charge in [-0.25, -0.2) is 0 Å². The second kappa shape index (κ2) is 6.95. The number of aryl methyl sites for hydroxylation is 1. The van der Waals surface area contributed by atoms with Crippen molar-refractivity contribution in [3.63, 3.8) is 0 Å². The summed E-state index contributed by atoms with van der Waals surface area (Å²) in [5, 5.41) is 20.8. The summed E-state index contributed by atoms with van der Waals surface area (Å²) in [5.74, 6) is 0.110. The molecule has 4 aromatic rings. The Labute approximate surface area is 178 Å². The molecule has 0 radical (unpaired) electrons. The molecule has 2 N–H and O–H groups in total. The van der Waals surface area contributed by atoms with E-state index in [1.165, 1.54) is 6.07 Å². The van der Waals surface area contributed by atoms with Crippen LogP contribution in [0.5, 0.6) is 23.0 Å². The van der Waals surface area contributed by atoms with Crippen LogP contribution < -0.4 is 9.47 Å². The summed E-state index contributed by atoms with van der Waals surface area (Å²) in [6.07, 6.45) is 3.61. The maximum absolute atomic E-state index is 12.8. The minimum atomic E-state index is -0.425. The predicted molar refractivity (Wildman–Crippen MR) is 118 cm³/mol.